The van der Waals surface area contributed by atoms with E-state index >= 15 is 0 Å². The van der Waals surface area contributed by atoms with E-state index in [1.807, 2.05) is 36.1 Å². The normalized spacial score (nSPS) is 16.2. The zero-order chi connectivity index (χ0) is 15.9. The summed E-state index contributed by atoms with van der Waals surface area (Å²) in [6.45, 7) is 4.18. The van der Waals surface area contributed by atoms with E-state index in [0.717, 1.165) is 35.0 Å². The Morgan fingerprint density at radius 1 is 1.45 bits per heavy atom. The van der Waals surface area contributed by atoms with Crippen LogP contribution in [0.5, 0.6) is 0 Å². The fourth-order valence-corrected chi connectivity index (χ4v) is 3.03. The van der Waals surface area contributed by atoms with Crippen molar-refractivity contribution in [3.63, 3.8) is 0 Å². The van der Waals surface area contributed by atoms with E-state index in [2.05, 4.69) is 4.98 Å². The number of pyridine rings is 1. The molecule has 0 radical (unpaired) electrons. The van der Waals surface area contributed by atoms with Crippen molar-refractivity contribution in [3.05, 3.63) is 40.5 Å². The lowest BCUT2D eigenvalue weighted by Gasteiger charge is -2.26. The van der Waals surface area contributed by atoms with Crippen LogP contribution in [0, 0.1) is 6.92 Å². The fraction of sp³-hybridized carbons (Fsp3) is 0.412. The first-order chi connectivity index (χ1) is 10.5. The molecule has 3 rings (SSSR count). The highest BCUT2D eigenvalue weighted by molar-refractivity contribution is 6.32. The van der Waals surface area contributed by atoms with Gasteiger partial charge in [-0.2, -0.15) is 0 Å². The van der Waals surface area contributed by atoms with Gasteiger partial charge in [-0.25, -0.2) is 4.98 Å². The average molecular weight is 319 g/mol. The molecule has 0 saturated heterocycles. The van der Waals surface area contributed by atoms with Crippen LogP contribution in [-0.4, -0.2) is 33.0 Å². The summed E-state index contributed by atoms with van der Waals surface area (Å²) >= 11 is 6.49. The van der Waals surface area contributed by atoms with Crippen LogP contribution in [0.25, 0.3) is 10.9 Å². The van der Waals surface area contributed by atoms with Gasteiger partial charge in [0.15, 0.2) is 0 Å². The molecule has 1 aromatic heterocycles. The summed E-state index contributed by atoms with van der Waals surface area (Å²) in [6, 6.07) is 7.68. The first-order valence-corrected chi connectivity index (χ1v) is 7.89. The first kappa shape index (κ1) is 15.3. The number of para-hydroxylation sites is 1. The highest BCUT2D eigenvalue weighted by Crippen LogP contribution is 2.33. The maximum absolute atomic E-state index is 11.3. The Labute approximate surface area is 134 Å². The van der Waals surface area contributed by atoms with Crippen molar-refractivity contribution >= 4 is 28.5 Å². The summed E-state index contributed by atoms with van der Waals surface area (Å²) in [5, 5.41) is 11.0. The van der Waals surface area contributed by atoms with Crippen LogP contribution in [0.3, 0.4) is 0 Å². The second kappa shape index (κ2) is 5.86. The van der Waals surface area contributed by atoms with Gasteiger partial charge in [-0.15, -0.1) is 0 Å². The van der Waals surface area contributed by atoms with Crippen molar-refractivity contribution in [1.82, 2.24) is 9.88 Å². The number of benzene rings is 1. The lowest BCUT2D eigenvalue weighted by atomic mass is 10.1. The van der Waals surface area contributed by atoms with Gasteiger partial charge >= 0.3 is 5.97 Å². The number of hydrogen-bond donors (Lipinski definition) is 1. The molecule has 5 heteroatoms. The molecule has 1 N–H and O–H groups in total. The van der Waals surface area contributed by atoms with Gasteiger partial charge in [0, 0.05) is 18.0 Å². The molecule has 4 nitrogen and oxygen atoms in total. The van der Waals surface area contributed by atoms with Gasteiger partial charge in [-0.3, -0.25) is 9.69 Å². The van der Waals surface area contributed by atoms with E-state index in [1.54, 1.807) is 6.92 Å². The lowest BCUT2D eigenvalue weighted by molar-refractivity contribution is -0.143. The number of aryl methyl sites for hydroxylation is 1. The molecule has 1 aromatic carbocycles. The first-order valence-electron chi connectivity index (χ1n) is 7.51. The van der Waals surface area contributed by atoms with Crippen LogP contribution in [0.4, 0.5) is 0 Å². The van der Waals surface area contributed by atoms with Gasteiger partial charge in [0.2, 0.25) is 0 Å². The molecule has 1 saturated carbocycles. The number of rotatable bonds is 5. The minimum absolute atomic E-state index is 0.329. The van der Waals surface area contributed by atoms with Crippen molar-refractivity contribution < 1.29 is 9.90 Å². The predicted octanol–water partition coefficient (Wildman–Crippen LogP) is 3.63. The molecule has 0 aliphatic heterocycles. The summed E-state index contributed by atoms with van der Waals surface area (Å²) < 4.78 is 0. The van der Waals surface area contributed by atoms with Crippen LogP contribution >= 0.6 is 11.6 Å². The Morgan fingerprint density at radius 2 is 2.14 bits per heavy atom. The molecule has 116 valence electrons. The molecule has 1 fully saturated rings. The third-order valence-corrected chi connectivity index (χ3v) is 4.85. The Bertz CT molecular complexity index is 728. The van der Waals surface area contributed by atoms with E-state index in [0.29, 0.717) is 17.6 Å². The van der Waals surface area contributed by atoms with Crippen LogP contribution < -0.4 is 0 Å². The van der Waals surface area contributed by atoms with Crippen molar-refractivity contribution in [3.8, 4) is 0 Å². The maximum Gasteiger partial charge on any atom is 0.320 e. The maximum atomic E-state index is 11.3. The standard InChI is InChI=1S/C17H19ClN2O2/c1-10-13-5-3-4-6-14(13)19-15(16(10)18)9-20(12-7-8-12)11(2)17(21)22/h3-6,11-12H,7-9H2,1-2H3,(H,21,22). The number of aliphatic carboxylic acids is 1. The van der Waals surface area contributed by atoms with Gasteiger partial charge in [0.25, 0.3) is 0 Å². The molecule has 0 bridgehead atoms. The number of carboxylic acids is 1. The lowest BCUT2D eigenvalue weighted by Crippen LogP contribution is -2.40. The van der Waals surface area contributed by atoms with E-state index in [1.165, 1.54) is 0 Å². The van der Waals surface area contributed by atoms with Crippen LogP contribution in [0.2, 0.25) is 5.02 Å². The Balaban J connectivity index is 1.98. The van der Waals surface area contributed by atoms with Gasteiger partial charge in [-0.05, 0) is 38.3 Å². The average Bonchev–Trinajstić information content (AvgIpc) is 3.33. The smallest absolute Gasteiger partial charge is 0.320 e. The van der Waals surface area contributed by atoms with Crippen LogP contribution in [0.15, 0.2) is 24.3 Å². The minimum Gasteiger partial charge on any atom is -0.480 e. The molecule has 1 aliphatic carbocycles. The van der Waals surface area contributed by atoms with Crippen molar-refractivity contribution in [2.75, 3.05) is 0 Å². The molecule has 22 heavy (non-hydrogen) atoms. The molecular weight excluding hydrogens is 300 g/mol. The van der Waals surface area contributed by atoms with Crippen molar-refractivity contribution in [2.24, 2.45) is 0 Å². The van der Waals surface area contributed by atoms with E-state index < -0.39 is 12.0 Å². The third-order valence-electron chi connectivity index (χ3n) is 4.35. The third kappa shape index (κ3) is 2.81. The number of carbonyl (C=O) groups is 1. The molecule has 1 unspecified atom stereocenters. The SMILES string of the molecule is Cc1c(Cl)c(CN(C2CC2)C(C)C(=O)O)nc2ccccc12. The summed E-state index contributed by atoms with van der Waals surface area (Å²) in [6.07, 6.45) is 2.09. The molecule has 1 aliphatic rings. The molecule has 2 aromatic rings. The van der Waals surface area contributed by atoms with Gasteiger partial charge < -0.3 is 5.11 Å². The second-order valence-electron chi connectivity index (χ2n) is 5.93. The van der Waals surface area contributed by atoms with Gasteiger partial charge in [0.1, 0.15) is 6.04 Å². The number of aromatic nitrogens is 1. The fourth-order valence-electron chi connectivity index (χ4n) is 2.83. The van der Waals surface area contributed by atoms with Gasteiger partial charge in [0.05, 0.1) is 16.2 Å². The summed E-state index contributed by atoms with van der Waals surface area (Å²) in [4.78, 5) is 18.0. The molecule has 1 atom stereocenters. The topological polar surface area (TPSA) is 53.4 Å². The van der Waals surface area contributed by atoms with E-state index in [4.69, 9.17) is 11.6 Å². The van der Waals surface area contributed by atoms with Crippen LogP contribution in [0.1, 0.15) is 31.0 Å². The summed E-state index contributed by atoms with van der Waals surface area (Å²) in [5.74, 6) is -0.805. The largest absolute Gasteiger partial charge is 0.480 e. The zero-order valence-electron chi connectivity index (χ0n) is 12.7. The summed E-state index contributed by atoms with van der Waals surface area (Å²) in [5.41, 5.74) is 2.66. The summed E-state index contributed by atoms with van der Waals surface area (Å²) in [7, 11) is 0. The zero-order valence-corrected chi connectivity index (χ0v) is 13.5. The minimum atomic E-state index is -0.805. The van der Waals surface area contributed by atoms with Crippen molar-refractivity contribution in [2.45, 2.75) is 45.3 Å². The van der Waals surface area contributed by atoms with E-state index in [-0.39, 0.29) is 0 Å². The Kier molecular flexibility index (Phi) is 4.06. The quantitative estimate of drug-likeness (QED) is 0.914. The second-order valence-corrected chi connectivity index (χ2v) is 6.31. The van der Waals surface area contributed by atoms with Gasteiger partial charge in [-0.1, -0.05) is 29.8 Å². The number of carboxylic acid groups (broad SMARTS) is 1. The highest BCUT2D eigenvalue weighted by Gasteiger charge is 2.35. The highest BCUT2D eigenvalue weighted by atomic mass is 35.5. The molecule has 1 heterocycles. The molecule has 0 amide bonds. The van der Waals surface area contributed by atoms with E-state index in [9.17, 15) is 9.90 Å². The number of halogens is 1. The van der Waals surface area contributed by atoms with Crippen molar-refractivity contribution in [1.29, 1.82) is 0 Å². The number of nitrogens with zero attached hydrogens (tertiary/aromatic N) is 2. The number of fused-ring (bicyclic) bond motifs is 1. The molecule has 0 spiro atoms. The Hall–Kier alpha value is -1.65. The predicted molar refractivity (Wildman–Crippen MR) is 87.2 cm³/mol. The Morgan fingerprint density at radius 3 is 2.77 bits per heavy atom. The van der Waals surface area contributed by atoms with Crippen LogP contribution in [-0.2, 0) is 11.3 Å². The monoisotopic (exact) mass is 318 g/mol. The molecular formula is C17H19ClN2O2. The number of hydrogen-bond acceptors (Lipinski definition) is 3.